The molecule has 5 heteroatoms. The number of rotatable bonds is 7. The van der Waals surface area contributed by atoms with Crippen LogP contribution < -0.4 is 11.1 Å². The number of methoxy groups -OCH3 is 1. The summed E-state index contributed by atoms with van der Waals surface area (Å²) in [6.07, 6.45) is 11.1. The summed E-state index contributed by atoms with van der Waals surface area (Å²) in [7, 11) is 1.49. The van der Waals surface area contributed by atoms with E-state index in [1.54, 1.807) is 0 Å². The van der Waals surface area contributed by atoms with E-state index >= 15 is 0 Å². The molecule has 0 amide bonds. The monoisotopic (exact) mass is 448 g/mol. The van der Waals surface area contributed by atoms with Gasteiger partial charge in [0.05, 0.1) is 13.2 Å². The number of aliphatic hydroxyl groups excluding tert-OH is 1. The van der Waals surface area contributed by atoms with Crippen LogP contribution in [0.1, 0.15) is 85.0 Å². The number of fused-ring (bicyclic) bond motifs is 5. The molecule has 4 saturated carbocycles. The highest BCUT2D eigenvalue weighted by Gasteiger charge is 2.62. The van der Waals surface area contributed by atoms with Gasteiger partial charge >= 0.3 is 5.97 Å². The second kappa shape index (κ2) is 9.54. The Morgan fingerprint density at radius 3 is 2.56 bits per heavy atom. The molecular formula is C27H48N2O3. The number of nitrogens with one attached hydrogen (secondary N) is 1. The quantitative estimate of drug-likeness (QED) is 0.510. The van der Waals surface area contributed by atoms with Gasteiger partial charge in [0, 0.05) is 25.6 Å². The van der Waals surface area contributed by atoms with Crippen molar-refractivity contribution in [2.75, 3.05) is 20.2 Å². The van der Waals surface area contributed by atoms with Crippen molar-refractivity contribution in [1.29, 1.82) is 0 Å². The van der Waals surface area contributed by atoms with Crippen LogP contribution in [0.5, 0.6) is 0 Å². The van der Waals surface area contributed by atoms with Crippen LogP contribution in [0.3, 0.4) is 0 Å². The van der Waals surface area contributed by atoms with Crippen LogP contribution in [0, 0.1) is 46.3 Å². The lowest BCUT2D eigenvalue weighted by Crippen LogP contribution is -2.59. The molecule has 184 valence electrons. The van der Waals surface area contributed by atoms with Gasteiger partial charge in [-0.25, -0.2) is 0 Å². The third-order valence-corrected chi connectivity index (χ3v) is 11.1. The summed E-state index contributed by atoms with van der Waals surface area (Å²) in [5.41, 5.74) is 6.40. The van der Waals surface area contributed by atoms with Crippen molar-refractivity contribution in [3.63, 3.8) is 0 Å². The van der Waals surface area contributed by atoms with E-state index in [0.29, 0.717) is 65.3 Å². The summed E-state index contributed by atoms with van der Waals surface area (Å²) in [6.45, 7) is 9.03. The molecule has 5 nitrogen and oxygen atoms in total. The minimum Gasteiger partial charge on any atom is -0.469 e. The van der Waals surface area contributed by atoms with Crippen molar-refractivity contribution in [2.24, 2.45) is 52.1 Å². The maximum absolute atomic E-state index is 11.7. The van der Waals surface area contributed by atoms with E-state index in [0.717, 1.165) is 19.4 Å². The van der Waals surface area contributed by atoms with Crippen LogP contribution in [0.25, 0.3) is 0 Å². The number of carbonyl (C=O) groups is 1. The van der Waals surface area contributed by atoms with Gasteiger partial charge in [0.2, 0.25) is 0 Å². The molecule has 0 heterocycles. The van der Waals surface area contributed by atoms with E-state index in [9.17, 15) is 9.90 Å². The van der Waals surface area contributed by atoms with E-state index in [4.69, 9.17) is 10.5 Å². The molecule has 0 radical (unpaired) electrons. The summed E-state index contributed by atoms with van der Waals surface area (Å²) in [5, 5.41) is 15.2. The van der Waals surface area contributed by atoms with Crippen molar-refractivity contribution in [3.05, 3.63) is 0 Å². The van der Waals surface area contributed by atoms with Gasteiger partial charge in [0.15, 0.2) is 0 Å². The molecule has 0 bridgehead atoms. The Hall–Kier alpha value is -0.650. The number of aliphatic hydroxyl groups is 1. The predicted octanol–water partition coefficient (Wildman–Crippen LogP) is 4.12. The van der Waals surface area contributed by atoms with Gasteiger partial charge in [-0.1, -0.05) is 20.8 Å². The maximum atomic E-state index is 11.7. The maximum Gasteiger partial charge on any atom is 0.305 e. The summed E-state index contributed by atoms with van der Waals surface area (Å²) >= 11 is 0. The Labute approximate surface area is 195 Å². The van der Waals surface area contributed by atoms with Crippen molar-refractivity contribution in [2.45, 2.75) is 97.1 Å². The first-order valence-corrected chi connectivity index (χ1v) is 13.4. The first kappa shape index (κ1) is 24.5. The minimum atomic E-state index is -0.153. The molecular weight excluding hydrogens is 400 g/mol. The van der Waals surface area contributed by atoms with Gasteiger partial charge in [-0.2, -0.15) is 0 Å². The molecule has 0 aromatic carbocycles. The van der Waals surface area contributed by atoms with Crippen LogP contribution >= 0.6 is 0 Å². The molecule has 0 aromatic rings. The van der Waals surface area contributed by atoms with Crippen molar-refractivity contribution >= 4 is 5.97 Å². The predicted molar refractivity (Wildman–Crippen MR) is 128 cm³/mol. The lowest BCUT2D eigenvalue weighted by atomic mass is 9.43. The first-order chi connectivity index (χ1) is 15.2. The number of carbonyl (C=O) groups excluding carboxylic acids is 1. The van der Waals surface area contributed by atoms with Crippen LogP contribution in [-0.4, -0.2) is 43.4 Å². The van der Waals surface area contributed by atoms with Crippen molar-refractivity contribution in [1.82, 2.24) is 5.32 Å². The van der Waals surface area contributed by atoms with Crippen LogP contribution in [-0.2, 0) is 9.53 Å². The largest absolute Gasteiger partial charge is 0.469 e. The van der Waals surface area contributed by atoms with Crippen LogP contribution in [0.2, 0.25) is 0 Å². The Balaban J connectivity index is 1.48. The second-order valence-corrected chi connectivity index (χ2v) is 12.3. The van der Waals surface area contributed by atoms with Crippen molar-refractivity contribution in [3.8, 4) is 0 Å². The third-order valence-electron chi connectivity index (χ3n) is 11.1. The standard InChI is InChI=1S/C27H48N2O3/c1-17(5-8-24(31)32-4)20-6-7-21-25-22(10-12-27(20,21)3)26(2)11-9-19(29-14-13-28)15-18(26)16-23(25)30/h17-23,25,29-30H,5-16,28H2,1-4H3/t17?,18-,19-,20+,21?,22?,23+,25?,26-,27+/m0/s1. The van der Waals surface area contributed by atoms with Gasteiger partial charge in [-0.3, -0.25) is 4.79 Å². The van der Waals surface area contributed by atoms with Crippen LogP contribution in [0.4, 0.5) is 0 Å². The van der Waals surface area contributed by atoms with E-state index in [-0.39, 0.29) is 12.1 Å². The lowest BCUT2D eigenvalue weighted by Gasteiger charge is -2.62. The molecule has 4 aliphatic carbocycles. The zero-order valence-corrected chi connectivity index (χ0v) is 20.9. The highest BCUT2D eigenvalue weighted by molar-refractivity contribution is 5.69. The molecule has 0 aliphatic heterocycles. The lowest BCUT2D eigenvalue weighted by molar-refractivity contribution is -0.167. The first-order valence-electron chi connectivity index (χ1n) is 13.4. The molecule has 0 aromatic heterocycles. The Morgan fingerprint density at radius 1 is 1.12 bits per heavy atom. The van der Waals surface area contributed by atoms with Gasteiger partial charge in [0.25, 0.3) is 0 Å². The van der Waals surface area contributed by atoms with Gasteiger partial charge in [-0.05, 0) is 104 Å². The number of nitrogens with two attached hydrogens (primary N) is 1. The SMILES string of the molecule is COC(=O)CCC(C)[C@H]1CCC2C3C(CC[C@@]21C)[C@@]1(C)CC[C@H](NCCN)C[C@H]1C[C@H]3O. The van der Waals surface area contributed by atoms with Gasteiger partial charge in [-0.15, -0.1) is 0 Å². The van der Waals surface area contributed by atoms with E-state index in [1.807, 2.05) is 0 Å². The summed E-state index contributed by atoms with van der Waals surface area (Å²) in [4.78, 5) is 11.7. The molecule has 0 saturated heterocycles. The molecule has 4 fully saturated rings. The molecule has 4 rings (SSSR count). The van der Waals surface area contributed by atoms with Crippen LogP contribution in [0.15, 0.2) is 0 Å². The number of hydrogen-bond acceptors (Lipinski definition) is 5. The van der Waals surface area contributed by atoms with E-state index in [1.165, 1.54) is 52.1 Å². The topological polar surface area (TPSA) is 84.6 Å². The second-order valence-electron chi connectivity index (χ2n) is 12.3. The fourth-order valence-electron chi connectivity index (χ4n) is 9.32. The normalized spacial score (nSPS) is 46.6. The number of esters is 1. The highest BCUT2D eigenvalue weighted by Crippen LogP contribution is 2.68. The Kier molecular flexibility index (Phi) is 7.30. The zero-order valence-electron chi connectivity index (χ0n) is 20.9. The number of hydrogen-bond donors (Lipinski definition) is 3. The Morgan fingerprint density at radius 2 is 1.84 bits per heavy atom. The van der Waals surface area contributed by atoms with E-state index in [2.05, 4.69) is 26.1 Å². The highest BCUT2D eigenvalue weighted by atomic mass is 16.5. The average molecular weight is 449 g/mol. The molecule has 10 atom stereocenters. The molecule has 4 N–H and O–H groups in total. The smallest absolute Gasteiger partial charge is 0.305 e. The molecule has 32 heavy (non-hydrogen) atoms. The molecule has 0 spiro atoms. The van der Waals surface area contributed by atoms with Gasteiger partial charge in [0.1, 0.15) is 0 Å². The third kappa shape index (κ3) is 4.15. The minimum absolute atomic E-state index is 0.0847. The van der Waals surface area contributed by atoms with Crippen molar-refractivity contribution < 1.29 is 14.6 Å². The fourth-order valence-corrected chi connectivity index (χ4v) is 9.32. The zero-order chi connectivity index (χ0) is 23.1. The molecule has 4 aliphatic rings. The Bertz CT molecular complexity index is 671. The summed E-state index contributed by atoms with van der Waals surface area (Å²) in [5.74, 6) is 3.49. The summed E-state index contributed by atoms with van der Waals surface area (Å²) < 4.78 is 4.89. The van der Waals surface area contributed by atoms with Gasteiger partial charge < -0.3 is 20.9 Å². The summed E-state index contributed by atoms with van der Waals surface area (Å²) in [6, 6.07) is 0.570. The number of ether oxygens (including phenoxy) is 1. The van der Waals surface area contributed by atoms with E-state index < -0.39 is 0 Å². The molecule has 4 unspecified atom stereocenters. The fraction of sp³-hybridized carbons (Fsp3) is 0.963. The average Bonchev–Trinajstić information content (AvgIpc) is 3.13.